The van der Waals surface area contributed by atoms with Gasteiger partial charge in [-0.2, -0.15) is 5.10 Å². The third-order valence-electron chi connectivity index (χ3n) is 4.67. The zero-order chi connectivity index (χ0) is 15.4. The highest BCUT2D eigenvalue weighted by Gasteiger charge is 2.32. The van der Waals surface area contributed by atoms with Crippen LogP contribution in [0.4, 0.5) is 0 Å². The molecule has 1 aromatic rings. The molecule has 3 unspecified atom stereocenters. The summed E-state index contributed by atoms with van der Waals surface area (Å²) >= 11 is 0. The molecule has 0 aliphatic heterocycles. The molecule has 1 aliphatic carbocycles. The van der Waals surface area contributed by atoms with Crippen molar-refractivity contribution in [1.82, 2.24) is 15.1 Å². The number of methoxy groups -OCH3 is 1. The van der Waals surface area contributed by atoms with Gasteiger partial charge in [0.2, 0.25) is 0 Å². The first kappa shape index (κ1) is 16.3. The van der Waals surface area contributed by atoms with E-state index in [2.05, 4.69) is 42.8 Å². The van der Waals surface area contributed by atoms with E-state index in [9.17, 15) is 0 Å². The molecule has 1 aliphatic rings. The smallest absolute Gasteiger partial charge is 0.161 e. The van der Waals surface area contributed by atoms with Gasteiger partial charge in [-0.25, -0.2) is 0 Å². The normalized spacial score (nSPS) is 24.3. The largest absolute Gasteiger partial charge is 0.493 e. The molecule has 1 N–H and O–H groups in total. The van der Waals surface area contributed by atoms with E-state index in [-0.39, 0.29) is 0 Å². The summed E-state index contributed by atoms with van der Waals surface area (Å²) in [6, 6.07) is 0.698. The van der Waals surface area contributed by atoms with Gasteiger partial charge < -0.3 is 10.1 Å². The molecule has 0 spiro atoms. The highest BCUT2D eigenvalue weighted by Crippen LogP contribution is 2.40. The van der Waals surface area contributed by atoms with Crippen LogP contribution in [-0.4, -0.2) is 23.4 Å². The zero-order valence-corrected chi connectivity index (χ0v) is 14.2. The van der Waals surface area contributed by atoms with Crippen LogP contribution in [0.25, 0.3) is 0 Å². The summed E-state index contributed by atoms with van der Waals surface area (Å²) in [6.45, 7) is 9.90. The number of nitrogens with zero attached hydrogens (tertiary/aromatic N) is 2. The van der Waals surface area contributed by atoms with Crippen LogP contribution in [0.5, 0.6) is 5.75 Å². The van der Waals surface area contributed by atoms with Gasteiger partial charge in [0.1, 0.15) is 0 Å². The van der Waals surface area contributed by atoms with Gasteiger partial charge in [0.15, 0.2) is 5.75 Å². The average molecular weight is 293 g/mol. The molecule has 3 atom stereocenters. The summed E-state index contributed by atoms with van der Waals surface area (Å²) in [6.07, 6.45) is 7.17. The summed E-state index contributed by atoms with van der Waals surface area (Å²) in [4.78, 5) is 0. The SMILES string of the molecule is CCNC(c1c(OC)cnn1C(C)C)C1CCCC(C)C1. The molecular formula is C17H31N3O. The molecule has 1 saturated carbocycles. The second-order valence-electron chi connectivity index (χ2n) is 6.70. The predicted octanol–water partition coefficient (Wildman–Crippen LogP) is 3.95. The molecule has 4 nitrogen and oxygen atoms in total. The van der Waals surface area contributed by atoms with Crippen LogP contribution in [-0.2, 0) is 0 Å². The van der Waals surface area contributed by atoms with Crippen LogP contribution in [0, 0.1) is 11.8 Å². The number of hydrogen-bond donors (Lipinski definition) is 1. The Hall–Kier alpha value is -1.03. The lowest BCUT2D eigenvalue weighted by atomic mass is 9.77. The lowest BCUT2D eigenvalue weighted by Crippen LogP contribution is -2.33. The minimum absolute atomic E-state index is 0.345. The van der Waals surface area contributed by atoms with E-state index in [1.165, 1.54) is 31.4 Å². The highest BCUT2D eigenvalue weighted by atomic mass is 16.5. The standard InChI is InChI=1S/C17H31N3O/c1-6-18-16(14-9-7-8-13(4)10-14)17-15(21-5)11-19-20(17)12(2)3/h11-14,16,18H,6-10H2,1-5H3. The van der Waals surface area contributed by atoms with Gasteiger partial charge in [0.05, 0.1) is 25.0 Å². The molecule has 120 valence electrons. The number of ether oxygens (including phenoxy) is 1. The summed E-state index contributed by atoms with van der Waals surface area (Å²) in [5.74, 6) is 2.43. The van der Waals surface area contributed by atoms with Crippen molar-refractivity contribution in [2.24, 2.45) is 11.8 Å². The molecule has 0 bridgehead atoms. The Balaban J connectivity index is 2.34. The second-order valence-corrected chi connectivity index (χ2v) is 6.70. The number of hydrogen-bond acceptors (Lipinski definition) is 3. The molecule has 4 heteroatoms. The van der Waals surface area contributed by atoms with Gasteiger partial charge in [-0.1, -0.05) is 26.7 Å². The van der Waals surface area contributed by atoms with E-state index in [1.807, 2.05) is 6.20 Å². The molecule has 1 fully saturated rings. The van der Waals surface area contributed by atoms with E-state index in [1.54, 1.807) is 7.11 Å². The van der Waals surface area contributed by atoms with Gasteiger partial charge in [0.25, 0.3) is 0 Å². The lowest BCUT2D eigenvalue weighted by Gasteiger charge is -2.34. The molecule has 1 aromatic heterocycles. The van der Waals surface area contributed by atoms with Crippen molar-refractivity contribution in [3.05, 3.63) is 11.9 Å². The van der Waals surface area contributed by atoms with Crippen LogP contribution in [0.3, 0.4) is 0 Å². The molecule has 0 aromatic carbocycles. The van der Waals surface area contributed by atoms with Crippen molar-refractivity contribution < 1.29 is 4.74 Å². The average Bonchev–Trinajstić information content (AvgIpc) is 2.88. The van der Waals surface area contributed by atoms with E-state index >= 15 is 0 Å². The topological polar surface area (TPSA) is 39.1 Å². The zero-order valence-electron chi connectivity index (χ0n) is 14.2. The first-order valence-electron chi connectivity index (χ1n) is 8.43. The van der Waals surface area contributed by atoms with Crippen LogP contribution < -0.4 is 10.1 Å². The van der Waals surface area contributed by atoms with Crippen LogP contribution >= 0.6 is 0 Å². The molecule has 0 amide bonds. The van der Waals surface area contributed by atoms with Gasteiger partial charge in [0, 0.05) is 6.04 Å². The summed E-state index contributed by atoms with van der Waals surface area (Å²) in [7, 11) is 1.75. The summed E-state index contributed by atoms with van der Waals surface area (Å²) in [5.41, 5.74) is 1.23. The van der Waals surface area contributed by atoms with Gasteiger partial charge >= 0.3 is 0 Å². The van der Waals surface area contributed by atoms with Gasteiger partial charge in [-0.3, -0.25) is 4.68 Å². The Labute approximate surface area is 129 Å². The maximum Gasteiger partial charge on any atom is 0.161 e. The van der Waals surface area contributed by atoms with Crippen molar-refractivity contribution in [2.75, 3.05) is 13.7 Å². The number of rotatable bonds is 6. The van der Waals surface area contributed by atoms with Gasteiger partial charge in [-0.05, 0) is 45.1 Å². The second kappa shape index (κ2) is 7.30. The third-order valence-corrected chi connectivity index (χ3v) is 4.67. The molecule has 1 heterocycles. The number of aromatic nitrogens is 2. The van der Waals surface area contributed by atoms with Crippen molar-refractivity contribution in [1.29, 1.82) is 0 Å². The Morgan fingerprint density at radius 1 is 1.43 bits per heavy atom. The lowest BCUT2D eigenvalue weighted by molar-refractivity contribution is 0.213. The van der Waals surface area contributed by atoms with Crippen molar-refractivity contribution in [3.63, 3.8) is 0 Å². The molecule has 2 rings (SSSR count). The number of nitrogens with one attached hydrogen (secondary N) is 1. The van der Waals surface area contributed by atoms with Crippen LogP contribution in [0.2, 0.25) is 0 Å². The molecular weight excluding hydrogens is 262 g/mol. The Kier molecular flexibility index (Phi) is 5.68. The first-order chi connectivity index (χ1) is 10.1. The fourth-order valence-electron chi connectivity index (χ4n) is 3.71. The van der Waals surface area contributed by atoms with E-state index < -0.39 is 0 Å². The fraction of sp³-hybridized carbons (Fsp3) is 0.824. The van der Waals surface area contributed by atoms with Crippen LogP contribution in [0.1, 0.15) is 71.2 Å². The first-order valence-corrected chi connectivity index (χ1v) is 8.43. The van der Waals surface area contributed by atoms with Crippen molar-refractivity contribution in [2.45, 2.75) is 65.5 Å². The third kappa shape index (κ3) is 3.60. The maximum absolute atomic E-state index is 5.60. The Morgan fingerprint density at radius 2 is 2.19 bits per heavy atom. The van der Waals surface area contributed by atoms with Crippen molar-refractivity contribution in [3.8, 4) is 5.75 Å². The van der Waals surface area contributed by atoms with E-state index in [4.69, 9.17) is 4.74 Å². The van der Waals surface area contributed by atoms with Crippen molar-refractivity contribution >= 4 is 0 Å². The molecule has 0 saturated heterocycles. The minimum Gasteiger partial charge on any atom is -0.493 e. The maximum atomic E-state index is 5.60. The Bertz CT molecular complexity index is 441. The minimum atomic E-state index is 0.345. The fourth-order valence-corrected chi connectivity index (χ4v) is 3.71. The van der Waals surface area contributed by atoms with E-state index in [0.29, 0.717) is 18.0 Å². The monoisotopic (exact) mass is 293 g/mol. The quantitative estimate of drug-likeness (QED) is 0.863. The summed E-state index contributed by atoms with van der Waals surface area (Å²) < 4.78 is 7.73. The molecule has 21 heavy (non-hydrogen) atoms. The van der Waals surface area contributed by atoms with Gasteiger partial charge in [-0.15, -0.1) is 0 Å². The predicted molar refractivity (Wildman–Crippen MR) is 86.7 cm³/mol. The van der Waals surface area contributed by atoms with Crippen LogP contribution in [0.15, 0.2) is 6.20 Å². The molecule has 0 radical (unpaired) electrons. The van der Waals surface area contributed by atoms with E-state index in [0.717, 1.165) is 18.2 Å². The Morgan fingerprint density at radius 3 is 2.76 bits per heavy atom. The summed E-state index contributed by atoms with van der Waals surface area (Å²) in [5, 5.41) is 8.26. The highest BCUT2D eigenvalue weighted by molar-refractivity contribution is 5.29.